The summed E-state index contributed by atoms with van der Waals surface area (Å²) < 4.78 is 0. The van der Waals surface area contributed by atoms with E-state index >= 15 is 0 Å². The zero-order chi connectivity index (χ0) is 41.0. The lowest BCUT2D eigenvalue weighted by molar-refractivity contribution is 0.660. The Kier molecular flexibility index (Phi) is 7.90. The lowest BCUT2D eigenvalue weighted by Crippen LogP contribution is -2.18. The van der Waals surface area contributed by atoms with E-state index in [1.54, 1.807) is 0 Å². The van der Waals surface area contributed by atoms with Gasteiger partial charge in [0.05, 0.1) is 5.56 Å². The van der Waals surface area contributed by atoms with Gasteiger partial charge in [0.15, 0.2) is 18.1 Å². The molecular formula is C59H45NP+. The molecule has 0 N–H and O–H groups in total. The van der Waals surface area contributed by atoms with Crippen molar-refractivity contribution in [2.45, 2.75) is 38.5 Å². The minimum Gasteiger partial charge on any atom is -0.310 e. The van der Waals surface area contributed by atoms with Gasteiger partial charge in [-0.25, -0.2) is 0 Å². The van der Waals surface area contributed by atoms with Crippen LogP contribution in [0.25, 0.3) is 71.8 Å². The van der Waals surface area contributed by atoms with E-state index < -0.39 is 0 Å². The summed E-state index contributed by atoms with van der Waals surface area (Å²) in [5.74, 6) is 2.37. The SMILES string of the molecule is CC1(C)c2cc(-c3ccccc3)ccc2-c2ccc(N(c3ccc(-c4ccc5c(c4)-c4cccc[p+]4-5)cc3)c3ccc4c(c3)C(C)(C)c3cc(-c5ccccc5)ccc3-4)cc21. The van der Waals surface area contributed by atoms with Gasteiger partial charge in [-0.15, -0.1) is 0 Å². The lowest BCUT2D eigenvalue weighted by Gasteiger charge is -2.30. The third-order valence-electron chi connectivity index (χ3n) is 13.9. The van der Waals surface area contributed by atoms with Gasteiger partial charge in [0.25, 0.3) is 0 Å². The van der Waals surface area contributed by atoms with Crippen LogP contribution in [0.1, 0.15) is 49.9 Å². The predicted octanol–water partition coefficient (Wildman–Crippen LogP) is 17.0. The number of hydrogen-bond donors (Lipinski definition) is 0. The van der Waals surface area contributed by atoms with Crippen molar-refractivity contribution in [2.75, 3.05) is 4.90 Å². The number of fused-ring (bicyclic) bond motifs is 10. The second-order valence-electron chi connectivity index (χ2n) is 18.0. The van der Waals surface area contributed by atoms with Crippen LogP contribution in [0.5, 0.6) is 0 Å². The molecule has 0 saturated carbocycles. The fourth-order valence-electron chi connectivity index (χ4n) is 10.6. The maximum Gasteiger partial charge on any atom is 0.171 e. The topological polar surface area (TPSA) is 3.24 Å². The van der Waals surface area contributed by atoms with Gasteiger partial charge in [-0.2, -0.15) is 0 Å². The van der Waals surface area contributed by atoms with Crippen LogP contribution >= 0.6 is 7.53 Å². The summed E-state index contributed by atoms with van der Waals surface area (Å²) in [5, 5.41) is 2.99. The van der Waals surface area contributed by atoms with Crippen molar-refractivity contribution in [3.05, 3.63) is 222 Å². The smallest absolute Gasteiger partial charge is 0.171 e. The number of nitrogens with zero attached hydrogens (tertiary/aromatic N) is 1. The van der Waals surface area contributed by atoms with Crippen molar-refractivity contribution in [2.24, 2.45) is 0 Å². The first kappa shape index (κ1) is 36.1. The third kappa shape index (κ3) is 5.51. The van der Waals surface area contributed by atoms with E-state index in [4.69, 9.17) is 0 Å². The fraction of sp³-hybridized carbons (Fsp3) is 0.102. The molecule has 0 radical (unpaired) electrons. The lowest BCUT2D eigenvalue weighted by atomic mass is 9.81. The van der Waals surface area contributed by atoms with Gasteiger partial charge >= 0.3 is 0 Å². The van der Waals surface area contributed by atoms with Gasteiger partial charge < -0.3 is 4.90 Å². The molecule has 0 fully saturated rings. The van der Waals surface area contributed by atoms with Crippen molar-refractivity contribution < 1.29 is 0 Å². The number of hydrogen-bond acceptors (Lipinski definition) is 1. The molecule has 1 aliphatic heterocycles. The molecule has 9 aromatic rings. The van der Waals surface area contributed by atoms with E-state index in [1.807, 2.05) is 0 Å². The average molecular weight is 799 g/mol. The molecule has 0 bridgehead atoms. The van der Waals surface area contributed by atoms with Crippen LogP contribution in [0.15, 0.2) is 200 Å². The summed E-state index contributed by atoms with van der Waals surface area (Å²) in [4.78, 5) is 2.48. The summed E-state index contributed by atoms with van der Waals surface area (Å²) in [6, 6.07) is 72.9. The molecule has 1 nitrogen and oxygen atoms in total. The van der Waals surface area contributed by atoms with Gasteiger partial charge in [0, 0.05) is 27.9 Å². The molecule has 8 aromatic carbocycles. The Balaban J connectivity index is 0.965. The zero-order valence-electron chi connectivity index (χ0n) is 34.9. The Morgan fingerprint density at radius 1 is 0.328 bits per heavy atom. The molecule has 12 rings (SSSR count). The molecule has 290 valence electrons. The summed E-state index contributed by atoms with van der Waals surface area (Å²) in [7, 11) is -0.266. The van der Waals surface area contributed by atoms with Crippen LogP contribution in [0.2, 0.25) is 0 Å². The zero-order valence-corrected chi connectivity index (χ0v) is 35.8. The highest BCUT2D eigenvalue weighted by molar-refractivity contribution is 7.62. The van der Waals surface area contributed by atoms with Crippen molar-refractivity contribution in [1.82, 2.24) is 0 Å². The van der Waals surface area contributed by atoms with Gasteiger partial charge in [-0.1, -0.05) is 143 Å². The van der Waals surface area contributed by atoms with Crippen molar-refractivity contribution in [3.8, 4) is 71.8 Å². The van der Waals surface area contributed by atoms with Crippen molar-refractivity contribution >= 4 is 24.6 Å². The Labute approximate surface area is 360 Å². The molecule has 2 aliphatic carbocycles. The summed E-state index contributed by atoms with van der Waals surface area (Å²) in [6.45, 7) is 9.57. The highest BCUT2D eigenvalue weighted by Gasteiger charge is 2.39. The molecule has 0 amide bonds. The molecule has 1 unspecified atom stereocenters. The molecule has 2 heterocycles. The van der Waals surface area contributed by atoms with Gasteiger partial charge in [0.2, 0.25) is 0 Å². The van der Waals surface area contributed by atoms with E-state index in [2.05, 4.69) is 233 Å². The quantitative estimate of drug-likeness (QED) is 0.162. The first-order chi connectivity index (χ1) is 29.7. The molecule has 1 aromatic heterocycles. The maximum absolute atomic E-state index is 2.48. The molecule has 2 heteroatoms. The Bertz CT molecular complexity index is 3080. The maximum atomic E-state index is 2.48. The van der Waals surface area contributed by atoms with E-state index in [0.717, 1.165) is 5.69 Å². The van der Waals surface area contributed by atoms with Crippen LogP contribution in [0, 0.1) is 0 Å². The highest BCUT2D eigenvalue weighted by Crippen LogP contribution is 2.62. The van der Waals surface area contributed by atoms with Gasteiger partial charge in [-0.3, -0.25) is 0 Å². The van der Waals surface area contributed by atoms with E-state index in [-0.39, 0.29) is 18.4 Å². The van der Waals surface area contributed by atoms with Crippen LogP contribution in [0.3, 0.4) is 0 Å². The summed E-state index contributed by atoms with van der Waals surface area (Å²) in [6.07, 6.45) is 0. The first-order valence-electron chi connectivity index (χ1n) is 21.5. The van der Waals surface area contributed by atoms with Crippen LogP contribution < -0.4 is 4.90 Å². The third-order valence-corrected chi connectivity index (χ3v) is 16.2. The summed E-state index contributed by atoms with van der Waals surface area (Å²) >= 11 is 0. The number of rotatable bonds is 6. The normalized spacial score (nSPS) is 14.5. The molecule has 3 aliphatic rings. The standard InChI is InChI=1S/C59H45NP/c1-58(2)52-34-42(38-13-7-5-8-14-38)20-27-47(52)49-29-25-45(36-54(49)58)60(44-23-18-40(19-24-44)41-22-31-57-51(33-41)56-17-11-12-32-61(56)57)46-26-30-50-48-28-21-43(39-15-9-6-10-16-39)35-53(48)59(3,4)55(50)37-46/h5-37H,1-4H3/q+1. The molecule has 61 heavy (non-hydrogen) atoms. The Hall–Kier alpha value is -6.79. The number of anilines is 3. The average Bonchev–Trinajstić information content (AvgIpc) is 3.67. The van der Waals surface area contributed by atoms with Gasteiger partial charge in [0.1, 0.15) is 5.80 Å². The second-order valence-corrected chi connectivity index (χ2v) is 20.0. The second kappa shape index (κ2) is 13.4. The molecule has 1 atom stereocenters. The minimum absolute atomic E-state index is 0.171. The molecular weight excluding hydrogens is 754 g/mol. The Morgan fingerprint density at radius 3 is 1.28 bits per heavy atom. The predicted molar refractivity (Wildman–Crippen MR) is 260 cm³/mol. The van der Waals surface area contributed by atoms with Crippen LogP contribution in [0.4, 0.5) is 17.1 Å². The first-order valence-corrected chi connectivity index (χ1v) is 22.9. The minimum atomic E-state index is -0.266. The molecule has 0 saturated heterocycles. The van der Waals surface area contributed by atoms with Gasteiger partial charge in [-0.05, 0) is 157 Å². The van der Waals surface area contributed by atoms with E-state index in [9.17, 15) is 0 Å². The summed E-state index contributed by atoms with van der Waals surface area (Å²) in [5.41, 5.74) is 22.9. The van der Waals surface area contributed by atoms with E-state index in [1.165, 1.54) is 105 Å². The highest BCUT2D eigenvalue weighted by atomic mass is 31.1. The monoisotopic (exact) mass is 798 g/mol. The van der Waals surface area contributed by atoms with Crippen LogP contribution in [-0.2, 0) is 10.8 Å². The largest absolute Gasteiger partial charge is 0.310 e. The van der Waals surface area contributed by atoms with Crippen molar-refractivity contribution in [3.63, 3.8) is 0 Å². The number of benzene rings is 8. The Morgan fingerprint density at radius 2 is 0.738 bits per heavy atom. The fourth-order valence-corrected chi connectivity index (χ4v) is 12.6. The van der Waals surface area contributed by atoms with E-state index in [0.29, 0.717) is 0 Å². The van der Waals surface area contributed by atoms with Crippen LogP contribution in [-0.4, -0.2) is 0 Å². The van der Waals surface area contributed by atoms with Crippen molar-refractivity contribution in [1.29, 1.82) is 0 Å². The molecule has 0 spiro atoms.